The summed E-state index contributed by atoms with van der Waals surface area (Å²) in [6, 6.07) is -2.29. The number of β-amino-alcohol motifs (C(OH)–C–C–N with tert-alkyl or cyclic N) is 2. The number of nitrogens with two attached hydrogens (primary N) is 2. The number of aliphatic hydroxyl groups is 5. The normalized spacial score (nSPS) is 22.1. The number of unbranched alkanes of at least 4 members (excludes halogenated alkanes) is 1. The second kappa shape index (κ2) is 27.7. The number of amides is 8. The molecule has 0 aromatic heterocycles. The van der Waals surface area contributed by atoms with E-state index in [0.29, 0.717) is 36.9 Å². The molecule has 0 bridgehead atoms. The zero-order chi connectivity index (χ0) is 56.0. The average molecular weight is 1070 g/mol. The van der Waals surface area contributed by atoms with Gasteiger partial charge < -0.3 is 93.6 Å². The summed E-state index contributed by atoms with van der Waals surface area (Å²) in [5.41, 5.74) is 12.1. The fourth-order valence-electron chi connectivity index (χ4n) is 9.39. The van der Waals surface area contributed by atoms with Crippen LogP contribution >= 0.6 is 0 Å². The van der Waals surface area contributed by atoms with Crippen LogP contribution in [0, 0.1) is 0 Å². The second-order valence-electron chi connectivity index (χ2n) is 19.3. The van der Waals surface area contributed by atoms with Crippen LogP contribution in [0.15, 0.2) is 48.5 Å². The number of carboxylic acids is 1. The number of aliphatic carboxylic acids is 1. The van der Waals surface area contributed by atoms with Gasteiger partial charge in [-0.2, -0.15) is 0 Å². The Bertz CT molecular complexity index is 2380. The maximum Gasteiger partial charge on any atom is 0.326 e. The van der Waals surface area contributed by atoms with Crippen molar-refractivity contribution in [3.63, 3.8) is 0 Å². The quantitative estimate of drug-likeness (QED) is 0.0412. The van der Waals surface area contributed by atoms with Gasteiger partial charge in [0.05, 0.1) is 31.5 Å². The minimum Gasteiger partial charge on any atom is -0.508 e. The molecule has 12 atom stereocenters. The lowest BCUT2D eigenvalue weighted by atomic mass is 10.0. The Kier molecular flexibility index (Phi) is 21.8. The predicted molar refractivity (Wildman–Crippen MR) is 265 cm³/mol. The number of rotatable bonds is 25. The van der Waals surface area contributed by atoms with Crippen molar-refractivity contribution in [2.24, 2.45) is 11.5 Å². The molecule has 2 aromatic carbocycles. The van der Waals surface area contributed by atoms with E-state index in [0.717, 1.165) is 16.7 Å². The van der Waals surface area contributed by atoms with Gasteiger partial charge in [-0.3, -0.25) is 38.4 Å². The molecule has 27 heteroatoms. The van der Waals surface area contributed by atoms with Gasteiger partial charge >= 0.3 is 5.97 Å². The first-order valence-corrected chi connectivity index (χ1v) is 25.0. The number of likely N-dealkylation sites (tertiary alicyclic amines) is 3. The third-order valence-electron chi connectivity index (χ3n) is 13.5. The van der Waals surface area contributed by atoms with Gasteiger partial charge in [0.25, 0.3) is 0 Å². The van der Waals surface area contributed by atoms with Crippen molar-refractivity contribution in [3.05, 3.63) is 59.7 Å². The Balaban J connectivity index is 1.32. The number of carboxylic acid groups (broad SMARTS) is 1. The maximum atomic E-state index is 14.7. The van der Waals surface area contributed by atoms with Crippen LogP contribution in [0.3, 0.4) is 0 Å². The fraction of sp³-hybridized carbons (Fsp3) is 0.571. The van der Waals surface area contributed by atoms with Gasteiger partial charge in [-0.15, -0.1) is 0 Å². The zero-order valence-corrected chi connectivity index (χ0v) is 41.9. The van der Waals surface area contributed by atoms with Crippen molar-refractivity contribution in [2.45, 2.75) is 137 Å². The molecule has 418 valence electrons. The molecular formula is C49H70N10O17. The van der Waals surface area contributed by atoms with Crippen molar-refractivity contribution >= 4 is 53.2 Å². The van der Waals surface area contributed by atoms with Crippen LogP contribution in [0.4, 0.5) is 0 Å². The summed E-state index contributed by atoms with van der Waals surface area (Å²) in [4.78, 5) is 126. The number of nitrogens with one attached hydrogen (secondary N) is 5. The molecule has 0 saturated carbocycles. The molecule has 3 saturated heterocycles. The number of aliphatic hydroxyl groups excluding tert-OH is 5. The highest BCUT2D eigenvalue weighted by Crippen LogP contribution is 2.28. The van der Waals surface area contributed by atoms with Crippen LogP contribution in [0.1, 0.15) is 63.0 Å². The van der Waals surface area contributed by atoms with Crippen molar-refractivity contribution in [1.82, 2.24) is 41.3 Å². The molecule has 5 rings (SSSR count). The summed E-state index contributed by atoms with van der Waals surface area (Å²) in [7, 11) is 0. The largest absolute Gasteiger partial charge is 0.508 e. The van der Waals surface area contributed by atoms with Gasteiger partial charge in [0.15, 0.2) is 0 Å². The Morgan fingerprint density at radius 3 is 1.71 bits per heavy atom. The van der Waals surface area contributed by atoms with Crippen molar-refractivity contribution in [1.29, 1.82) is 0 Å². The van der Waals surface area contributed by atoms with Gasteiger partial charge in [-0.05, 0) is 81.0 Å². The number of hydrogen-bond acceptors (Lipinski definition) is 18. The first-order chi connectivity index (χ1) is 36.1. The summed E-state index contributed by atoms with van der Waals surface area (Å²) in [5.74, 6) is -9.04. The SMILES string of the molecule is C[C@@H](O)[C@H](NC(=O)[C@@H]1C[C@@H](O)CN1C(=O)[C@@H]1C[C@@H](O)CN1C(=O)[C@H](Cc1ccc(O)cc1)NC(=O)[C@H](CO)NC(=O)[C@@H]1CCCN1C(=O)[C@H](CCCCN)NC(=O)[C@@H](N)CO)C(=O)N[C@@H](Cc1ccc(O)cc1)C(=O)O. The lowest BCUT2D eigenvalue weighted by Crippen LogP contribution is -2.61. The van der Waals surface area contributed by atoms with E-state index in [1.807, 2.05) is 0 Å². The molecule has 0 radical (unpaired) electrons. The number of benzene rings is 2. The fourth-order valence-corrected chi connectivity index (χ4v) is 9.39. The summed E-state index contributed by atoms with van der Waals surface area (Å²) >= 11 is 0. The van der Waals surface area contributed by atoms with E-state index in [9.17, 15) is 84.0 Å². The van der Waals surface area contributed by atoms with Crippen LogP contribution in [-0.4, -0.2) is 221 Å². The number of carbonyl (C=O) groups excluding carboxylic acids is 8. The molecule has 76 heavy (non-hydrogen) atoms. The molecule has 3 aliphatic heterocycles. The molecule has 3 fully saturated rings. The van der Waals surface area contributed by atoms with Crippen LogP contribution in [0.5, 0.6) is 11.5 Å². The first kappa shape index (κ1) is 59.9. The Morgan fingerprint density at radius 2 is 1.16 bits per heavy atom. The Morgan fingerprint density at radius 1 is 0.632 bits per heavy atom. The third-order valence-corrected chi connectivity index (χ3v) is 13.5. The van der Waals surface area contributed by atoms with E-state index in [4.69, 9.17) is 11.5 Å². The van der Waals surface area contributed by atoms with Crippen LogP contribution in [0.2, 0.25) is 0 Å². The Hall–Kier alpha value is -7.01. The number of aromatic hydroxyl groups is 2. The monoisotopic (exact) mass is 1070 g/mol. The smallest absolute Gasteiger partial charge is 0.326 e. The maximum absolute atomic E-state index is 14.7. The summed E-state index contributed by atoms with van der Waals surface area (Å²) in [6.45, 7) is -1.07. The number of phenolic OH excluding ortho intramolecular Hbond substituents is 2. The third kappa shape index (κ3) is 15.8. The van der Waals surface area contributed by atoms with E-state index in [1.165, 1.54) is 53.4 Å². The van der Waals surface area contributed by atoms with E-state index in [1.54, 1.807) is 0 Å². The first-order valence-electron chi connectivity index (χ1n) is 25.0. The van der Waals surface area contributed by atoms with Gasteiger partial charge in [0.2, 0.25) is 47.3 Å². The molecular weight excluding hydrogens is 1000 g/mol. The summed E-state index contributed by atoms with van der Waals surface area (Å²) < 4.78 is 0. The zero-order valence-electron chi connectivity index (χ0n) is 41.9. The molecule has 3 aliphatic rings. The van der Waals surface area contributed by atoms with Crippen LogP contribution < -0.4 is 38.1 Å². The lowest BCUT2D eigenvalue weighted by molar-refractivity contribution is -0.148. The predicted octanol–water partition coefficient (Wildman–Crippen LogP) is -5.87. The minimum absolute atomic E-state index is 0.0803. The van der Waals surface area contributed by atoms with E-state index < -0.39 is 152 Å². The van der Waals surface area contributed by atoms with Gasteiger partial charge in [0, 0.05) is 45.3 Å². The number of nitrogens with zero attached hydrogens (tertiary/aromatic N) is 3. The number of hydrogen-bond donors (Lipinski definition) is 15. The minimum atomic E-state index is -1.77. The Labute approximate surface area is 436 Å². The second-order valence-corrected chi connectivity index (χ2v) is 19.3. The molecule has 17 N–H and O–H groups in total. The number of carbonyl (C=O) groups is 9. The van der Waals surface area contributed by atoms with Crippen molar-refractivity contribution in [2.75, 3.05) is 39.4 Å². The standard InChI is InChI=1S/C49H70N10O17/c1-25(62)40(45(71)54-35(49(75)76)18-27-9-13-29(64)14-10-27)56-44(70)38-19-30(65)21-58(38)48(74)39-20-31(66)22-59(39)47(73)34(17-26-7-11-28(63)12-8-26)53-42(68)36(24-61)55-43(69)37-6-4-16-57(37)46(72)33(5-2-3-15-50)52-41(67)32(51)23-60/h7-14,25,30-40,60-66H,2-6,15-24,50-51H2,1H3,(H,52,67)(H,53,68)(H,54,71)(H,55,69)(H,56,70)(H,75,76)/t25-,30-,31-,32+,33+,34+,35+,36+,37+,38+,39+,40+/m1/s1. The molecule has 0 spiro atoms. The lowest BCUT2D eigenvalue weighted by Gasteiger charge is -2.33. The molecule has 0 unspecified atom stereocenters. The molecule has 0 aliphatic carbocycles. The highest BCUT2D eigenvalue weighted by molar-refractivity contribution is 5.99. The highest BCUT2D eigenvalue weighted by Gasteiger charge is 2.49. The molecule has 27 nitrogen and oxygen atoms in total. The van der Waals surface area contributed by atoms with E-state index in [-0.39, 0.29) is 56.6 Å². The molecule has 3 heterocycles. The van der Waals surface area contributed by atoms with Crippen LogP contribution in [0.25, 0.3) is 0 Å². The van der Waals surface area contributed by atoms with Gasteiger partial charge in [-0.1, -0.05) is 24.3 Å². The number of phenols is 2. The van der Waals surface area contributed by atoms with Gasteiger partial charge in [-0.25, -0.2) is 4.79 Å². The molecule has 8 amide bonds. The van der Waals surface area contributed by atoms with Crippen LogP contribution in [-0.2, 0) is 56.0 Å². The topological polar surface area (TPSA) is 437 Å². The van der Waals surface area contributed by atoms with E-state index in [2.05, 4.69) is 26.6 Å². The highest BCUT2D eigenvalue weighted by atomic mass is 16.4. The van der Waals surface area contributed by atoms with E-state index >= 15 is 0 Å². The van der Waals surface area contributed by atoms with Crippen molar-refractivity contribution in [3.8, 4) is 11.5 Å². The average Bonchev–Trinajstić information content (AvgIpc) is 4.15. The van der Waals surface area contributed by atoms with Crippen molar-refractivity contribution < 1.29 is 84.0 Å². The van der Waals surface area contributed by atoms with Gasteiger partial charge in [0.1, 0.15) is 65.9 Å². The molecule has 2 aromatic rings. The summed E-state index contributed by atoms with van der Waals surface area (Å²) in [5, 5.41) is 93.7. The summed E-state index contributed by atoms with van der Waals surface area (Å²) in [6.07, 6.45) is -4.00.